The second kappa shape index (κ2) is 9.70. The van der Waals surface area contributed by atoms with Crippen molar-refractivity contribution in [1.29, 1.82) is 0 Å². The Labute approximate surface area is 170 Å². The van der Waals surface area contributed by atoms with Crippen LogP contribution < -0.4 is 10.1 Å². The summed E-state index contributed by atoms with van der Waals surface area (Å²) < 4.78 is 12.7. The maximum atomic E-state index is 11.8. The molecule has 6 nitrogen and oxygen atoms in total. The van der Waals surface area contributed by atoms with E-state index in [1.54, 1.807) is 0 Å². The number of pyridine rings is 1. The molecule has 1 N–H and O–H groups in total. The molecule has 1 aromatic rings. The van der Waals surface area contributed by atoms with Gasteiger partial charge in [0.1, 0.15) is 12.3 Å². The highest BCUT2D eigenvalue weighted by atomic mass is 16.7. The molecule has 0 aliphatic carbocycles. The number of rotatable bonds is 10. The van der Waals surface area contributed by atoms with Crippen molar-refractivity contribution in [3.05, 3.63) is 23.0 Å². The number of hydrogen-bond acceptors (Lipinski definition) is 4. The summed E-state index contributed by atoms with van der Waals surface area (Å²) in [5.41, 5.74) is 3.19. The Morgan fingerprint density at radius 1 is 1.29 bits per heavy atom. The van der Waals surface area contributed by atoms with Gasteiger partial charge in [0.05, 0.1) is 32.9 Å². The second-order valence-electron chi connectivity index (χ2n) is 8.95. The fourth-order valence-corrected chi connectivity index (χ4v) is 3.53. The van der Waals surface area contributed by atoms with Crippen LogP contribution in [0.3, 0.4) is 0 Å². The molecule has 1 amide bonds. The van der Waals surface area contributed by atoms with Crippen LogP contribution in [0.25, 0.3) is 0 Å². The van der Waals surface area contributed by atoms with Gasteiger partial charge in [-0.3, -0.25) is 9.78 Å². The fraction of sp³-hybridized carbons (Fsp3) is 0.727. The molecule has 28 heavy (non-hydrogen) atoms. The molecule has 1 aromatic heterocycles. The van der Waals surface area contributed by atoms with Crippen LogP contribution >= 0.6 is 0 Å². The zero-order valence-corrected chi connectivity index (χ0v) is 18.6. The zero-order valence-electron chi connectivity index (χ0n) is 18.6. The highest BCUT2D eigenvalue weighted by Crippen LogP contribution is 2.35. The molecular formula is C22H38N3O3+. The van der Waals surface area contributed by atoms with Crippen LogP contribution in [0.4, 0.5) is 0 Å². The Bertz CT molecular complexity index is 671. The van der Waals surface area contributed by atoms with Gasteiger partial charge in [-0.15, -0.1) is 0 Å². The van der Waals surface area contributed by atoms with Crippen molar-refractivity contribution in [3.63, 3.8) is 0 Å². The van der Waals surface area contributed by atoms with Gasteiger partial charge in [0.15, 0.2) is 0 Å². The number of aromatic nitrogens is 1. The van der Waals surface area contributed by atoms with Gasteiger partial charge < -0.3 is 19.3 Å². The van der Waals surface area contributed by atoms with Gasteiger partial charge >= 0.3 is 0 Å². The summed E-state index contributed by atoms with van der Waals surface area (Å²) in [6.07, 6.45) is 6.80. The van der Waals surface area contributed by atoms with E-state index < -0.39 is 5.79 Å². The lowest BCUT2D eigenvalue weighted by Crippen LogP contribution is -2.42. The largest absolute Gasteiger partial charge is 0.461 e. The molecule has 1 aliphatic heterocycles. The summed E-state index contributed by atoms with van der Waals surface area (Å²) >= 11 is 0. The normalized spacial score (nSPS) is 15.6. The minimum Gasteiger partial charge on any atom is -0.461 e. The van der Waals surface area contributed by atoms with E-state index in [4.69, 9.17) is 9.47 Å². The van der Waals surface area contributed by atoms with Crippen molar-refractivity contribution in [1.82, 2.24) is 10.3 Å². The van der Waals surface area contributed by atoms with Crippen molar-refractivity contribution < 1.29 is 18.8 Å². The first kappa shape index (κ1) is 22.6. The molecule has 1 aliphatic rings. The summed E-state index contributed by atoms with van der Waals surface area (Å²) in [7, 11) is 4.42. The monoisotopic (exact) mass is 392 g/mol. The molecule has 6 heteroatoms. The van der Waals surface area contributed by atoms with Crippen LogP contribution in [0.15, 0.2) is 6.20 Å². The molecule has 0 saturated carbocycles. The van der Waals surface area contributed by atoms with Gasteiger partial charge in [-0.2, -0.15) is 0 Å². The SMILES string of the molecule is CCCCCC(=O)NCCC[N+](C)(C)Cc1cnc(C)c2c1COC(C)(C)O2. The molecule has 0 atom stereocenters. The van der Waals surface area contributed by atoms with E-state index in [2.05, 4.69) is 31.3 Å². The lowest BCUT2D eigenvalue weighted by atomic mass is 10.1. The summed E-state index contributed by atoms with van der Waals surface area (Å²) in [6.45, 7) is 11.1. The van der Waals surface area contributed by atoms with E-state index in [9.17, 15) is 4.79 Å². The first-order valence-electron chi connectivity index (χ1n) is 10.5. The van der Waals surface area contributed by atoms with Gasteiger partial charge in [0.25, 0.3) is 0 Å². The number of amides is 1. The Balaban J connectivity index is 1.88. The Kier molecular flexibility index (Phi) is 7.84. The molecule has 0 spiro atoms. The van der Waals surface area contributed by atoms with Crippen molar-refractivity contribution in [2.45, 2.75) is 78.7 Å². The lowest BCUT2D eigenvalue weighted by molar-refractivity contribution is -0.903. The molecule has 0 fully saturated rings. The van der Waals surface area contributed by atoms with Gasteiger partial charge in [-0.1, -0.05) is 19.8 Å². The summed E-state index contributed by atoms with van der Waals surface area (Å²) in [4.78, 5) is 16.4. The second-order valence-corrected chi connectivity index (χ2v) is 8.95. The number of fused-ring (bicyclic) bond motifs is 1. The zero-order chi connectivity index (χ0) is 20.8. The summed E-state index contributed by atoms with van der Waals surface area (Å²) in [5, 5.41) is 3.04. The minimum absolute atomic E-state index is 0.174. The standard InChI is InChI=1S/C22H37N3O3/c1-7-8-9-11-20(26)23-12-10-13-25(5,6)15-18-14-24-17(2)21-19(18)16-27-22(3,4)28-21/h14H,7-13,15-16H2,1-6H3/p+1. The molecule has 158 valence electrons. The highest BCUT2D eigenvalue weighted by Gasteiger charge is 2.32. The van der Waals surface area contributed by atoms with Crippen LogP contribution in [0, 0.1) is 6.92 Å². The summed E-state index contributed by atoms with van der Waals surface area (Å²) in [5.74, 6) is 0.429. The van der Waals surface area contributed by atoms with E-state index in [1.807, 2.05) is 27.0 Å². The third-order valence-electron chi connectivity index (χ3n) is 5.18. The van der Waals surface area contributed by atoms with Gasteiger partial charge in [0.2, 0.25) is 11.7 Å². The number of hydrogen-bond donors (Lipinski definition) is 1. The Hall–Kier alpha value is -1.66. The number of ether oxygens (including phenoxy) is 2. The predicted octanol–water partition coefficient (Wildman–Crippen LogP) is 3.70. The first-order valence-corrected chi connectivity index (χ1v) is 10.5. The Morgan fingerprint density at radius 3 is 2.75 bits per heavy atom. The average molecular weight is 393 g/mol. The topological polar surface area (TPSA) is 60.5 Å². The number of carbonyl (C=O) groups excluding carboxylic acids is 1. The molecule has 0 saturated heterocycles. The van der Waals surface area contributed by atoms with Crippen molar-refractivity contribution in [3.8, 4) is 5.75 Å². The van der Waals surface area contributed by atoms with Crippen LogP contribution in [-0.2, 0) is 22.7 Å². The van der Waals surface area contributed by atoms with Crippen molar-refractivity contribution in [2.24, 2.45) is 0 Å². The van der Waals surface area contributed by atoms with Crippen molar-refractivity contribution >= 4 is 5.91 Å². The molecule has 0 bridgehead atoms. The van der Waals surface area contributed by atoms with Crippen LogP contribution in [0.1, 0.15) is 69.7 Å². The van der Waals surface area contributed by atoms with E-state index in [-0.39, 0.29) is 5.91 Å². The highest BCUT2D eigenvalue weighted by molar-refractivity contribution is 5.75. The van der Waals surface area contributed by atoms with E-state index >= 15 is 0 Å². The van der Waals surface area contributed by atoms with Crippen LogP contribution in [0.2, 0.25) is 0 Å². The molecule has 0 aromatic carbocycles. The lowest BCUT2D eigenvalue weighted by Gasteiger charge is -2.36. The molecule has 2 rings (SSSR count). The minimum atomic E-state index is -0.613. The smallest absolute Gasteiger partial charge is 0.219 e. The maximum absolute atomic E-state index is 11.8. The number of carbonyl (C=O) groups is 1. The molecule has 0 radical (unpaired) electrons. The molecular weight excluding hydrogens is 354 g/mol. The quantitative estimate of drug-likeness (QED) is 0.487. The summed E-state index contributed by atoms with van der Waals surface area (Å²) in [6, 6.07) is 0. The third-order valence-corrected chi connectivity index (χ3v) is 5.18. The fourth-order valence-electron chi connectivity index (χ4n) is 3.53. The van der Waals surface area contributed by atoms with Gasteiger partial charge in [0, 0.05) is 50.6 Å². The maximum Gasteiger partial charge on any atom is 0.219 e. The van der Waals surface area contributed by atoms with E-state index in [0.29, 0.717) is 13.0 Å². The number of unbranched alkanes of at least 4 members (excludes halogenated alkanes) is 2. The van der Waals surface area contributed by atoms with E-state index in [1.165, 1.54) is 5.56 Å². The number of nitrogens with one attached hydrogen (secondary N) is 1. The van der Waals surface area contributed by atoms with Crippen molar-refractivity contribution in [2.75, 3.05) is 27.2 Å². The molecule has 0 unspecified atom stereocenters. The molecule has 2 heterocycles. The van der Waals surface area contributed by atoms with Crippen LogP contribution in [0.5, 0.6) is 5.75 Å². The third kappa shape index (κ3) is 6.74. The van der Waals surface area contributed by atoms with E-state index in [0.717, 1.165) is 66.8 Å². The van der Waals surface area contributed by atoms with Gasteiger partial charge in [-0.25, -0.2) is 0 Å². The average Bonchev–Trinajstić information content (AvgIpc) is 2.61. The Morgan fingerprint density at radius 2 is 2.04 bits per heavy atom. The first-order chi connectivity index (χ1) is 13.1. The van der Waals surface area contributed by atoms with Crippen LogP contribution in [-0.4, -0.2) is 48.3 Å². The van der Waals surface area contributed by atoms with Gasteiger partial charge in [-0.05, 0) is 13.3 Å². The number of quaternary nitrogens is 1. The predicted molar refractivity (Wildman–Crippen MR) is 111 cm³/mol. The number of nitrogens with zero attached hydrogens (tertiary/aromatic N) is 2. The number of aryl methyl sites for hydroxylation is 1.